The minimum atomic E-state index is -0.327. The van der Waals surface area contributed by atoms with Gasteiger partial charge in [-0.15, -0.1) is 11.3 Å². The summed E-state index contributed by atoms with van der Waals surface area (Å²) in [5.74, 6) is 1.50. The van der Waals surface area contributed by atoms with E-state index < -0.39 is 0 Å². The molecular weight excluding hydrogens is 284 g/mol. The van der Waals surface area contributed by atoms with Crippen molar-refractivity contribution in [3.8, 4) is 0 Å². The maximum atomic E-state index is 9.51. The number of fused-ring (bicyclic) bond motifs is 1. The van der Waals surface area contributed by atoms with Crippen LogP contribution in [0.2, 0.25) is 0 Å². The molecule has 0 aliphatic heterocycles. The lowest BCUT2D eigenvalue weighted by Gasteiger charge is -2.17. The van der Waals surface area contributed by atoms with Gasteiger partial charge in [0.25, 0.3) is 0 Å². The van der Waals surface area contributed by atoms with Crippen molar-refractivity contribution in [2.75, 3.05) is 17.2 Å². The second-order valence-electron chi connectivity index (χ2n) is 5.34. The lowest BCUT2D eigenvalue weighted by atomic mass is 10.1. The van der Waals surface area contributed by atoms with E-state index in [4.69, 9.17) is 0 Å². The zero-order valence-electron chi connectivity index (χ0n) is 13.1. The van der Waals surface area contributed by atoms with Crippen molar-refractivity contribution in [1.29, 1.82) is 0 Å². The number of anilines is 2. The molecule has 0 saturated heterocycles. The molecular formula is C15H24N4OS. The maximum Gasteiger partial charge on any atom is 0.226 e. The number of nitrogens with zero attached hydrogens (tertiary/aromatic N) is 2. The Morgan fingerprint density at radius 1 is 1.29 bits per heavy atom. The Labute approximate surface area is 129 Å². The van der Waals surface area contributed by atoms with Gasteiger partial charge in [-0.05, 0) is 39.7 Å². The van der Waals surface area contributed by atoms with Gasteiger partial charge in [0.15, 0.2) is 0 Å². The van der Waals surface area contributed by atoms with Gasteiger partial charge in [0.05, 0.1) is 11.5 Å². The van der Waals surface area contributed by atoms with E-state index in [1.165, 1.54) is 4.88 Å². The van der Waals surface area contributed by atoms with Crippen molar-refractivity contribution in [2.24, 2.45) is 0 Å². The summed E-state index contributed by atoms with van der Waals surface area (Å²) < 4.78 is 0. The number of hydrogen-bond donors (Lipinski definition) is 3. The average molecular weight is 308 g/mol. The van der Waals surface area contributed by atoms with E-state index >= 15 is 0 Å². The predicted molar refractivity (Wildman–Crippen MR) is 90.3 cm³/mol. The average Bonchev–Trinajstić information content (AvgIpc) is 2.81. The summed E-state index contributed by atoms with van der Waals surface area (Å²) >= 11 is 1.71. The molecule has 0 fully saturated rings. The van der Waals surface area contributed by atoms with E-state index in [1.807, 2.05) is 6.92 Å². The second-order valence-corrected chi connectivity index (χ2v) is 6.46. The lowest BCUT2D eigenvalue weighted by molar-refractivity contribution is 0.179. The molecule has 0 spiro atoms. The van der Waals surface area contributed by atoms with Crippen molar-refractivity contribution in [2.45, 2.75) is 52.7 Å². The number of thiophene rings is 1. The van der Waals surface area contributed by atoms with Gasteiger partial charge in [-0.25, -0.2) is 4.98 Å². The van der Waals surface area contributed by atoms with E-state index in [0.29, 0.717) is 12.4 Å². The van der Waals surface area contributed by atoms with E-state index in [0.717, 1.165) is 29.0 Å². The Hall–Kier alpha value is -1.40. The van der Waals surface area contributed by atoms with Gasteiger partial charge in [-0.1, -0.05) is 6.92 Å². The molecule has 0 bridgehead atoms. The summed E-state index contributed by atoms with van der Waals surface area (Å²) in [7, 11) is 0. The molecule has 0 aliphatic rings. The highest BCUT2D eigenvalue weighted by Gasteiger charge is 2.14. The van der Waals surface area contributed by atoms with Gasteiger partial charge in [-0.2, -0.15) is 4.98 Å². The van der Waals surface area contributed by atoms with Gasteiger partial charge in [0.2, 0.25) is 5.95 Å². The summed E-state index contributed by atoms with van der Waals surface area (Å²) in [4.78, 5) is 11.5. The number of aromatic nitrogens is 2. The standard InChI is InChI=1S/C15H24N4OS/c1-5-11-8-12-13(17-9(3)7-10(4)20)18-15(16-6-2)19-14(12)21-11/h8-10,20H,5-7H2,1-4H3,(H2,16,17,18,19). The lowest BCUT2D eigenvalue weighted by Crippen LogP contribution is -2.21. The molecule has 21 heavy (non-hydrogen) atoms. The minimum absolute atomic E-state index is 0.155. The van der Waals surface area contributed by atoms with E-state index in [9.17, 15) is 5.11 Å². The van der Waals surface area contributed by atoms with Gasteiger partial charge < -0.3 is 15.7 Å². The summed E-state index contributed by atoms with van der Waals surface area (Å²) in [5.41, 5.74) is 0. The van der Waals surface area contributed by atoms with Crippen LogP contribution in [0.25, 0.3) is 10.2 Å². The third-order valence-electron chi connectivity index (χ3n) is 3.20. The smallest absolute Gasteiger partial charge is 0.226 e. The van der Waals surface area contributed by atoms with Crippen LogP contribution in [0.15, 0.2) is 6.07 Å². The number of hydrogen-bond acceptors (Lipinski definition) is 6. The molecule has 2 aromatic rings. The molecule has 2 heterocycles. The first-order chi connectivity index (χ1) is 10.0. The Morgan fingerprint density at radius 2 is 2.05 bits per heavy atom. The first-order valence-electron chi connectivity index (χ1n) is 7.52. The Balaban J connectivity index is 2.36. The monoisotopic (exact) mass is 308 g/mol. The van der Waals surface area contributed by atoms with Crippen LogP contribution in [0.5, 0.6) is 0 Å². The van der Waals surface area contributed by atoms with Crippen molar-refractivity contribution in [1.82, 2.24) is 9.97 Å². The van der Waals surface area contributed by atoms with E-state index in [2.05, 4.69) is 40.5 Å². The molecule has 0 saturated carbocycles. The number of rotatable bonds is 7. The number of nitrogens with one attached hydrogen (secondary N) is 2. The molecule has 2 atom stereocenters. The Kier molecular flexibility index (Phi) is 5.36. The van der Waals surface area contributed by atoms with E-state index in [-0.39, 0.29) is 12.1 Å². The fourth-order valence-electron chi connectivity index (χ4n) is 2.30. The van der Waals surface area contributed by atoms with Gasteiger partial charge in [0.1, 0.15) is 10.6 Å². The zero-order chi connectivity index (χ0) is 15.4. The molecule has 116 valence electrons. The van der Waals surface area contributed by atoms with Gasteiger partial charge >= 0.3 is 0 Å². The van der Waals surface area contributed by atoms with Crippen molar-refractivity contribution in [3.63, 3.8) is 0 Å². The van der Waals surface area contributed by atoms with Crippen LogP contribution in [-0.4, -0.2) is 33.8 Å². The summed E-state index contributed by atoms with van der Waals surface area (Å²) in [5, 5.41) is 17.2. The number of aryl methyl sites for hydroxylation is 1. The molecule has 0 aliphatic carbocycles. The molecule has 2 aromatic heterocycles. The Morgan fingerprint density at radius 3 is 2.67 bits per heavy atom. The largest absolute Gasteiger partial charge is 0.393 e. The second kappa shape index (κ2) is 7.04. The fraction of sp³-hybridized carbons (Fsp3) is 0.600. The van der Waals surface area contributed by atoms with Crippen LogP contribution in [0.3, 0.4) is 0 Å². The third kappa shape index (κ3) is 4.04. The van der Waals surface area contributed by atoms with Crippen molar-refractivity contribution < 1.29 is 5.11 Å². The van der Waals surface area contributed by atoms with Crippen LogP contribution in [0.1, 0.15) is 39.0 Å². The maximum absolute atomic E-state index is 9.51. The first-order valence-corrected chi connectivity index (χ1v) is 8.34. The quantitative estimate of drug-likeness (QED) is 0.732. The van der Waals surface area contributed by atoms with Crippen molar-refractivity contribution in [3.05, 3.63) is 10.9 Å². The summed E-state index contributed by atoms with van der Waals surface area (Å²) in [6.45, 7) is 8.83. The highest BCUT2D eigenvalue weighted by atomic mass is 32.1. The number of aliphatic hydroxyl groups is 1. The normalized spacial score (nSPS) is 14.1. The predicted octanol–water partition coefficient (Wildman–Crippen LogP) is 3.26. The highest BCUT2D eigenvalue weighted by molar-refractivity contribution is 7.18. The molecule has 0 radical (unpaired) electrons. The van der Waals surface area contributed by atoms with Crippen molar-refractivity contribution >= 4 is 33.3 Å². The van der Waals surface area contributed by atoms with Crippen LogP contribution in [-0.2, 0) is 6.42 Å². The van der Waals surface area contributed by atoms with Gasteiger partial charge in [-0.3, -0.25) is 0 Å². The Bertz CT molecular complexity index is 597. The van der Waals surface area contributed by atoms with Gasteiger partial charge in [0, 0.05) is 17.5 Å². The topological polar surface area (TPSA) is 70.1 Å². The van der Waals surface area contributed by atoms with Crippen LogP contribution in [0.4, 0.5) is 11.8 Å². The first kappa shape index (κ1) is 16.0. The number of aliphatic hydroxyl groups excluding tert-OH is 1. The summed E-state index contributed by atoms with van der Waals surface area (Å²) in [6.07, 6.45) is 1.36. The highest BCUT2D eigenvalue weighted by Crippen LogP contribution is 2.30. The molecule has 5 nitrogen and oxygen atoms in total. The summed E-state index contributed by atoms with van der Waals surface area (Å²) in [6, 6.07) is 2.32. The van der Waals surface area contributed by atoms with Crippen LogP contribution < -0.4 is 10.6 Å². The SMILES string of the molecule is CCNc1nc(NC(C)CC(C)O)c2cc(CC)sc2n1. The molecule has 0 aromatic carbocycles. The molecule has 6 heteroatoms. The molecule has 2 unspecified atom stereocenters. The minimum Gasteiger partial charge on any atom is -0.393 e. The molecule has 2 rings (SSSR count). The zero-order valence-corrected chi connectivity index (χ0v) is 13.9. The molecule has 3 N–H and O–H groups in total. The third-order valence-corrected chi connectivity index (χ3v) is 4.38. The fourth-order valence-corrected chi connectivity index (χ4v) is 3.26. The molecule has 0 amide bonds. The van der Waals surface area contributed by atoms with Crippen LogP contribution >= 0.6 is 11.3 Å². The van der Waals surface area contributed by atoms with E-state index in [1.54, 1.807) is 18.3 Å². The van der Waals surface area contributed by atoms with Crippen LogP contribution in [0, 0.1) is 0 Å².